The number of anilines is 1. The molecule has 0 atom stereocenters. The number of nitrogens with one attached hydrogen (secondary N) is 3. The van der Waals surface area contributed by atoms with E-state index in [1.165, 1.54) is 12.4 Å². The predicted octanol–water partition coefficient (Wildman–Crippen LogP) is 2.43. The van der Waals surface area contributed by atoms with Gasteiger partial charge in [0.15, 0.2) is 4.77 Å². The van der Waals surface area contributed by atoms with Gasteiger partial charge >= 0.3 is 0 Å². The van der Waals surface area contributed by atoms with Crippen LogP contribution in [0.3, 0.4) is 0 Å². The summed E-state index contributed by atoms with van der Waals surface area (Å²) in [5, 5.41) is 5.05. The third-order valence-corrected chi connectivity index (χ3v) is 3.05. The Bertz CT molecular complexity index is 928. The average Bonchev–Trinajstić information content (AvgIpc) is 2.49. The molecular formula is C14H11N5OS. The van der Waals surface area contributed by atoms with E-state index in [0.29, 0.717) is 11.4 Å². The van der Waals surface area contributed by atoms with E-state index in [0.717, 1.165) is 10.9 Å². The van der Waals surface area contributed by atoms with E-state index < -0.39 is 0 Å². The van der Waals surface area contributed by atoms with Crippen LogP contribution < -0.4 is 11.0 Å². The van der Waals surface area contributed by atoms with E-state index in [-0.39, 0.29) is 10.3 Å². The summed E-state index contributed by atoms with van der Waals surface area (Å²) in [5.41, 5.74) is 3.74. The normalized spacial score (nSPS) is 11.0. The lowest BCUT2D eigenvalue weighted by Crippen LogP contribution is -2.13. The topological polar surface area (TPSA) is 85.9 Å². The molecule has 0 unspecified atom stereocenters. The van der Waals surface area contributed by atoms with Crippen molar-refractivity contribution < 1.29 is 0 Å². The van der Waals surface area contributed by atoms with Gasteiger partial charge in [-0.05, 0) is 30.4 Å². The number of rotatable bonds is 3. The maximum atomic E-state index is 11.6. The van der Waals surface area contributed by atoms with Crippen molar-refractivity contribution in [2.45, 2.75) is 0 Å². The SMILES string of the molecule is O=c1[nH]c(=S)[nH]cc1/C=N/Nc1ccc2ccccc2n1. The lowest BCUT2D eigenvalue weighted by atomic mass is 10.2. The highest BCUT2D eigenvalue weighted by Gasteiger charge is 1.97. The lowest BCUT2D eigenvalue weighted by molar-refractivity contribution is 1.08. The number of para-hydroxylation sites is 1. The van der Waals surface area contributed by atoms with Gasteiger partial charge in [-0.15, -0.1) is 0 Å². The first-order valence-corrected chi connectivity index (χ1v) is 6.60. The number of H-pyrrole nitrogens is 2. The van der Waals surface area contributed by atoms with E-state index in [9.17, 15) is 4.79 Å². The summed E-state index contributed by atoms with van der Waals surface area (Å²) in [6, 6.07) is 11.6. The van der Waals surface area contributed by atoms with Gasteiger partial charge in [-0.3, -0.25) is 15.2 Å². The maximum absolute atomic E-state index is 11.6. The molecule has 21 heavy (non-hydrogen) atoms. The summed E-state index contributed by atoms with van der Waals surface area (Å²) < 4.78 is 0.279. The quantitative estimate of drug-likeness (QED) is 0.394. The second kappa shape index (κ2) is 5.68. The zero-order valence-corrected chi connectivity index (χ0v) is 11.6. The second-order valence-electron chi connectivity index (χ2n) is 4.29. The molecule has 0 spiro atoms. The summed E-state index contributed by atoms with van der Waals surface area (Å²) in [6.07, 6.45) is 2.90. The second-order valence-corrected chi connectivity index (χ2v) is 4.69. The van der Waals surface area contributed by atoms with Gasteiger partial charge in [0.25, 0.3) is 5.56 Å². The molecule has 6 nitrogen and oxygen atoms in total. The highest BCUT2D eigenvalue weighted by atomic mass is 32.1. The molecule has 2 aromatic heterocycles. The number of benzene rings is 1. The van der Waals surface area contributed by atoms with E-state index >= 15 is 0 Å². The van der Waals surface area contributed by atoms with Gasteiger partial charge < -0.3 is 4.98 Å². The number of aromatic amines is 2. The van der Waals surface area contributed by atoms with Gasteiger partial charge in [-0.1, -0.05) is 18.2 Å². The Morgan fingerprint density at radius 2 is 2.10 bits per heavy atom. The fraction of sp³-hybridized carbons (Fsp3) is 0. The summed E-state index contributed by atoms with van der Waals surface area (Å²) in [4.78, 5) is 21.2. The molecule has 0 saturated heterocycles. The summed E-state index contributed by atoms with van der Waals surface area (Å²) in [6.45, 7) is 0. The van der Waals surface area contributed by atoms with Crippen LogP contribution in [0.25, 0.3) is 10.9 Å². The molecule has 0 saturated carbocycles. The summed E-state index contributed by atoms with van der Waals surface area (Å²) >= 11 is 4.81. The first-order valence-electron chi connectivity index (χ1n) is 6.19. The highest BCUT2D eigenvalue weighted by molar-refractivity contribution is 7.71. The number of aromatic nitrogens is 3. The molecule has 3 rings (SSSR count). The van der Waals surface area contributed by atoms with E-state index in [4.69, 9.17) is 12.2 Å². The third-order valence-electron chi connectivity index (χ3n) is 2.83. The van der Waals surface area contributed by atoms with Crippen molar-refractivity contribution in [1.29, 1.82) is 0 Å². The van der Waals surface area contributed by atoms with Gasteiger partial charge in [-0.2, -0.15) is 5.10 Å². The smallest absolute Gasteiger partial charge is 0.260 e. The fourth-order valence-electron chi connectivity index (χ4n) is 1.81. The zero-order chi connectivity index (χ0) is 14.7. The Balaban J connectivity index is 1.81. The van der Waals surface area contributed by atoms with Crippen LogP contribution in [0.2, 0.25) is 0 Å². The van der Waals surface area contributed by atoms with Crippen molar-refractivity contribution >= 4 is 35.2 Å². The van der Waals surface area contributed by atoms with Crippen molar-refractivity contribution in [3.8, 4) is 0 Å². The summed E-state index contributed by atoms with van der Waals surface area (Å²) in [7, 11) is 0. The van der Waals surface area contributed by atoms with Crippen molar-refractivity contribution in [3.63, 3.8) is 0 Å². The van der Waals surface area contributed by atoms with Crippen LogP contribution >= 0.6 is 12.2 Å². The van der Waals surface area contributed by atoms with Crippen molar-refractivity contribution in [3.05, 3.63) is 63.3 Å². The molecule has 1 aromatic carbocycles. The van der Waals surface area contributed by atoms with Crippen molar-refractivity contribution in [2.24, 2.45) is 5.10 Å². The van der Waals surface area contributed by atoms with Crippen molar-refractivity contribution in [1.82, 2.24) is 15.0 Å². The van der Waals surface area contributed by atoms with Crippen LogP contribution in [0.5, 0.6) is 0 Å². The van der Waals surface area contributed by atoms with E-state index in [2.05, 4.69) is 25.5 Å². The van der Waals surface area contributed by atoms with Gasteiger partial charge in [-0.25, -0.2) is 4.98 Å². The molecule has 2 heterocycles. The average molecular weight is 297 g/mol. The summed E-state index contributed by atoms with van der Waals surface area (Å²) in [5.74, 6) is 0.602. The largest absolute Gasteiger partial charge is 0.338 e. The van der Waals surface area contributed by atoms with Gasteiger partial charge in [0.05, 0.1) is 17.3 Å². The van der Waals surface area contributed by atoms with Crippen LogP contribution in [-0.2, 0) is 0 Å². The van der Waals surface area contributed by atoms with Crippen LogP contribution in [0, 0.1) is 4.77 Å². The van der Waals surface area contributed by atoms with Crippen LogP contribution in [0.1, 0.15) is 5.56 Å². The minimum absolute atomic E-state index is 0.279. The standard InChI is InChI=1S/C14H11N5OS/c20-13-10(7-15-14(21)18-13)8-16-19-12-6-5-9-3-1-2-4-11(9)17-12/h1-8H,(H,17,19)(H2,15,18,20,21)/b16-8+. The third kappa shape index (κ3) is 3.03. The molecule has 0 aliphatic carbocycles. The number of hydrogen-bond acceptors (Lipinski definition) is 5. The minimum atomic E-state index is -0.296. The van der Waals surface area contributed by atoms with Gasteiger partial charge in [0.2, 0.25) is 0 Å². The minimum Gasteiger partial charge on any atom is -0.338 e. The predicted molar refractivity (Wildman–Crippen MR) is 85.2 cm³/mol. The Morgan fingerprint density at radius 1 is 1.24 bits per heavy atom. The van der Waals surface area contributed by atoms with Crippen molar-refractivity contribution in [2.75, 3.05) is 5.43 Å². The molecule has 0 aliphatic heterocycles. The number of pyridine rings is 1. The molecule has 0 amide bonds. The Morgan fingerprint density at radius 3 is 2.95 bits per heavy atom. The Hall–Kier alpha value is -2.80. The molecule has 7 heteroatoms. The van der Waals surface area contributed by atoms with Crippen LogP contribution in [0.15, 0.2) is 52.5 Å². The van der Waals surface area contributed by atoms with E-state index in [1.807, 2.05) is 36.4 Å². The maximum Gasteiger partial charge on any atom is 0.260 e. The fourth-order valence-corrected chi connectivity index (χ4v) is 1.96. The van der Waals surface area contributed by atoms with E-state index in [1.54, 1.807) is 0 Å². The molecule has 0 fully saturated rings. The first-order chi connectivity index (χ1) is 10.2. The zero-order valence-electron chi connectivity index (χ0n) is 10.8. The number of nitrogens with zero attached hydrogens (tertiary/aromatic N) is 2. The number of fused-ring (bicyclic) bond motifs is 1. The Kier molecular flexibility index (Phi) is 3.57. The first kappa shape index (κ1) is 13.2. The molecule has 0 bridgehead atoms. The molecular weight excluding hydrogens is 286 g/mol. The highest BCUT2D eigenvalue weighted by Crippen LogP contribution is 2.14. The van der Waals surface area contributed by atoms with Gasteiger partial charge in [0.1, 0.15) is 5.82 Å². The molecule has 3 N–H and O–H groups in total. The number of hydrazone groups is 1. The Labute approximate surface area is 124 Å². The van der Waals surface area contributed by atoms with Crippen LogP contribution in [-0.4, -0.2) is 21.2 Å². The van der Waals surface area contributed by atoms with Crippen LogP contribution in [0.4, 0.5) is 5.82 Å². The molecule has 3 aromatic rings. The monoisotopic (exact) mass is 297 g/mol. The number of hydrogen-bond donors (Lipinski definition) is 3. The molecule has 0 aliphatic rings. The molecule has 0 radical (unpaired) electrons. The molecule has 104 valence electrons. The van der Waals surface area contributed by atoms with Gasteiger partial charge in [0, 0.05) is 11.6 Å². The lowest BCUT2D eigenvalue weighted by Gasteiger charge is -2.01.